The maximum atomic E-state index is 14.8. The third kappa shape index (κ3) is 5.08. The number of amides is 1. The average Bonchev–Trinajstić information content (AvgIpc) is 3.15. The van der Waals surface area contributed by atoms with Gasteiger partial charge in [0.2, 0.25) is 0 Å². The summed E-state index contributed by atoms with van der Waals surface area (Å²) in [6, 6.07) is 2.53. The van der Waals surface area contributed by atoms with Gasteiger partial charge >= 0.3 is 6.09 Å². The SMILES string of the molecule is Cc1cn2cc(/C(N)=N/c3ncc(N4CCN(C(=O)OC(C)(C)C)CC4)cc3F)cc(F)c2n1. The Labute approximate surface area is 195 Å². The van der Waals surface area contributed by atoms with E-state index in [1.54, 1.807) is 24.2 Å². The second kappa shape index (κ2) is 8.88. The van der Waals surface area contributed by atoms with E-state index in [0.29, 0.717) is 37.6 Å². The van der Waals surface area contributed by atoms with Crippen LogP contribution in [0, 0.1) is 18.6 Å². The largest absolute Gasteiger partial charge is 0.444 e. The van der Waals surface area contributed by atoms with E-state index in [1.165, 1.54) is 22.7 Å². The lowest BCUT2D eigenvalue weighted by Crippen LogP contribution is -2.50. The first kappa shape index (κ1) is 23.4. The molecule has 3 aromatic heterocycles. The van der Waals surface area contributed by atoms with Gasteiger partial charge in [-0.15, -0.1) is 0 Å². The number of carbonyl (C=O) groups is 1. The summed E-state index contributed by atoms with van der Waals surface area (Å²) in [6.45, 7) is 9.13. The van der Waals surface area contributed by atoms with Crippen molar-refractivity contribution in [1.29, 1.82) is 0 Å². The molecule has 34 heavy (non-hydrogen) atoms. The maximum absolute atomic E-state index is 14.8. The van der Waals surface area contributed by atoms with Gasteiger partial charge in [0.05, 0.1) is 17.6 Å². The Morgan fingerprint density at radius 3 is 2.47 bits per heavy atom. The predicted octanol–water partition coefficient (Wildman–Crippen LogP) is 3.41. The van der Waals surface area contributed by atoms with Crippen molar-refractivity contribution in [2.75, 3.05) is 31.1 Å². The minimum atomic E-state index is -0.657. The van der Waals surface area contributed by atoms with E-state index in [0.717, 1.165) is 0 Å². The third-order valence-electron chi connectivity index (χ3n) is 5.25. The highest BCUT2D eigenvalue weighted by Gasteiger charge is 2.26. The molecule has 0 unspecified atom stereocenters. The van der Waals surface area contributed by atoms with Crippen LogP contribution in [-0.2, 0) is 4.74 Å². The van der Waals surface area contributed by atoms with Crippen molar-refractivity contribution in [3.8, 4) is 0 Å². The van der Waals surface area contributed by atoms with Crippen LogP contribution in [0.25, 0.3) is 5.65 Å². The van der Waals surface area contributed by atoms with E-state index in [9.17, 15) is 13.6 Å². The number of aromatic nitrogens is 3. The quantitative estimate of drug-likeness (QED) is 0.464. The van der Waals surface area contributed by atoms with Crippen molar-refractivity contribution in [2.24, 2.45) is 10.7 Å². The molecule has 0 aliphatic carbocycles. The number of hydrogen-bond donors (Lipinski definition) is 1. The molecule has 2 N–H and O–H groups in total. The van der Waals surface area contributed by atoms with Crippen LogP contribution >= 0.6 is 0 Å². The summed E-state index contributed by atoms with van der Waals surface area (Å²) in [7, 11) is 0. The average molecular weight is 472 g/mol. The summed E-state index contributed by atoms with van der Waals surface area (Å²) < 4.78 is 36.0. The zero-order chi connectivity index (χ0) is 24.6. The Hall–Kier alpha value is -3.76. The molecular formula is C23H27F2N7O2. The molecule has 1 fully saturated rings. The molecule has 0 saturated carbocycles. The van der Waals surface area contributed by atoms with Gasteiger partial charge in [-0.2, -0.15) is 0 Å². The van der Waals surface area contributed by atoms with Crippen molar-refractivity contribution < 1.29 is 18.3 Å². The lowest BCUT2D eigenvalue weighted by Gasteiger charge is -2.36. The van der Waals surface area contributed by atoms with E-state index >= 15 is 0 Å². The minimum Gasteiger partial charge on any atom is -0.444 e. The van der Waals surface area contributed by atoms with Crippen molar-refractivity contribution in [2.45, 2.75) is 33.3 Å². The molecular weight excluding hydrogens is 444 g/mol. The number of aryl methyl sites for hydroxylation is 1. The first-order chi connectivity index (χ1) is 16.0. The van der Waals surface area contributed by atoms with Crippen molar-refractivity contribution in [3.05, 3.63) is 53.6 Å². The fourth-order valence-corrected chi connectivity index (χ4v) is 3.65. The number of ether oxygens (including phenoxy) is 1. The van der Waals surface area contributed by atoms with Crippen LogP contribution in [0.4, 0.5) is 25.1 Å². The van der Waals surface area contributed by atoms with Crippen molar-refractivity contribution >= 4 is 29.1 Å². The van der Waals surface area contributed by atoms with Gasteiger partial charge in [0.1, 0.15) is 11.4 Å². The number of carbonyl (C=O) groups excluding carboxylic acids is 1. The van der Waals surface area contributed by atoms with Gasteiger partial charge in [0.25, 0.3) is 0 Å². The Morgan fingerprint density at radius 1 is 1.12 bits per heavy atom. The van der Waals surface area contributed by atoms with Crippen molar-refractivity contribution in [1.82, 2.24) is 19.3 Å². The molecule has 0 bridgehead atoms. The zero-order valence-electron chi connectivity index (χ0n) is 19.5. The number of amidine groups is 1. The van der Waals surface area contributed by atoms with E-state index in [4.69, 9.17) is 10.5 Å². The monoisotopic (exact) mass is 471 g/mol. The maximum Gasteiger partial charge on any atom is 0.410 e. The molecule has 1 aliphatic heterocycles. The lowest BCUT2D eigenvalue weighted by atomic mass is 10.2. The Bertz CT molecular complexity index is 1260. The molecule has 0 aromatic carbocycles. The van der Waals surface area contributed by atoms with Gasteiger partial charge in [-0.1, -0.05) is 0 Å². The topological polar surface area (TPSA) is 101 Å². The first-order valence-corrected chi connectivity index (χ1v) is 10.9. The summed E-state index contributed by atoms with van der Waals surface area (Å²) in [4.78, 5) is 28.0. The number of rotatable bonds is 3. The summed E-state index contributed by atoms with van der Waals surface area (Å²) >= 11 is 0. The highest BCUT2D eigenvalue weighted by molar-refractivity contribution is 5.98. The van der Waals surface area contributed by atoms with E-state index in [1.807, 2.05) is 25.7 Å². The van der Waals surface area contributed by atoms with Crippen LogP contribution in [-0.4, -0.2) is 63.0 Å². The minimum absolute atomic E-state index is 0.0720. The van der Waals surface area contributed by atoms with Crippen LogP contribution in [0.1, 0.15) is 32.0 Å². The van der Waals surface area contributed by atoms with Gasteiger partial charge in [-0.25, -0.2) is 28.5 Å². The molecule has 0 radical (unpaired) electrons. The van der Waals surface area contributed by atoms with Crippen LogP contribution in [0.3, 0.4) is 0 Å². The molecule has 4 heterocycles. The summed E-state index contributed by atoms with van der Waals surface area (Å²) in [5.74, 6) is -1.48. The molecule has 9 nitrogen and oxygen atoms in total. The van der Waals surface area contributed by atoms with Crippen molar-refractivity contribution in [3.63, 3.8) is 0 Å². The molecule has 3 aromatic rings. The van der Waals surface area contributed by atoms with Gasteiger partial charge in [0, 0.05) is 50.2 Å². The molecule has 1 saturated heterocycles. The summed E-state index contributed by atoms with van der Waals surface area (Å²) in [6.07, 6.45) is 4.37. The van der Waals surface area contributed by atoms with Gasteiger partial charge in [0.15, 0.2) is 23.1 Å². The molecule has 1 amide bonds. The normalized spacial score (nSPS) is 15.2. The fourth-order valence-electron chi connectivity index (χ4n) is 3.65. The first-order valence-electron chi connectivity index (χ1n) is 10.9. The van der Waals surface area contributed by atoms with Crippen LogP contribution < -0.4 is 10.6 Å². The number of halogens is 2. The number of nitrogens with two attached hydrogens (primary N) is 1. The summed E-state index contributed by atoms with van der Waals surface area (Å²) in [5, 5.41) is 0. The smallest absolute Gasteiger partial charge is 0.410 e. The molecule has 180 valence electrons. The van der Waals surface area contributed by atoms with E-state index in [2.05, 4.69) is 15.0 Å². The van der Waals surface area contributed by atoms with Gasteiger partial charge in [-0.05, 0) is 33.8 Å². The second-order valence-electron chi connectivity index (χ2n) is 9.14. The number of aliphatic imine (C=N–C) groups is 1. The Morgan fingerprint density at radius 2 is 1.82 bits per heavy atom. The second-order valence-corrected chi connectivity index (χ2v) is 9.14. The highest BCUT2D eigenvalue weighted by atomic mass is 19.1. The number of hydrogen-bond acceptors (Lipinski definition) is 6. The van der Waals surface area contributed by atoms with Crippen LogP contribution in [0.15, 0.2) is 35.7 Å². The highest BCUT2D eigenvalue weighted by Crippen LogP contribution is 2.23. The Balaban J connectivity index is 1.46. The zero-order valence-corrected chi connectivity index (χ0v) is 19.5. The summed E-state index contributed by atoms with van der Waals surface area (Å²) in [5.41, 5.74) is 7.14. The molecule has 4 rings (SSSR count). The number of piperazine rings is 1. The van der Waals surface area contributed by atoms with Gasteiger partial charge in [-0.3, -0.25) is 0 Å². The number of imidazole rings is 1. The fraction of sp³-hybridized carbons (Fsp3) is 0.391. The van der Waals surface area contributed by atoms with Crippen LogP contribution in [0.2, 0.25) is 0 Å². The molecule has 1 aliphatic rings. The molecule has 0 atom stereocenters. The number of anilines is 1. The molecule has 0 spiro atoms. The van der Waals surface area contributed by atoms with E-state index in [-0.39, 0.29) is 29.0 Å². The van der Waals surface area contributed by atoms with Crippen LogP contribution in [0.5, 0.6) is 0 Å². The number of fused-ring (bicyclic) bond motifs is 1. The lowest BCUT2D eigenvalue weighted by molar-refractivity contribution is 0.0240. The Kier molecular flexibility index (Phi) is 6.11. The van der Waals surface area contributed by atoms with Gasteiger partial charge < -0.3 is 24.7 Å². The number of pyridine rings is 2. The third-order valence-corrected chi connectivity index (χ3v) is 5.25. The predicted molar refractivity (Wildman–Crippen MR) is 124 cm³/mol. The standard InChI is InChI=1S/C23H27F2N7O2/c1-14-12-32-13-15(9-18(25)21(32)28-14)19(26)29-20-17(24)10-16(11-27-20)30-5-7-31(8-6-30)22(33)34-23(2,3)4/h9-13H,5-8H2,1-4H3,(H2,26,27,29). The molecule has 11 heteroatoms. The van der Waals surface area contributed by atoms with E-state index < -0.39 is 17.2 Å². The number of nitrogens with zero attached hydrogens (tertiary/aromatic N) is 6.